The van der Waals surface area contributed by atoms with Crippen molar-refractivity contribution in [1.82, 2.24) is 0 Å². The number of carbonyl (C=O) groups excluding carboxylic acids is 1. The molecule has 196 valence electrons. The minimum atomic E-state index is -3.34. The van der Waals surface area contributed by atoms with E-state index in [-0.39, 0.29) is 28.8 Å². The summed E-state index contributed by atoms with van der Waals surface area (Å²) in [4.78, 5) is 13.2. The Morgan fingerprint density at radius 2 is 1.46 bits per heavy atom. The molecule has 0 heterocycles. The van der Waals surface area contributed by atoms with Gasteiger partial charge in [-0.2, -0.15) is 0 Å². The van der Waals surface area contributed by atoms with Crippen LogP contribution in [0.2, 0.25) is 0 Å². The summed E-state index contributed by atoms with van der Waals surface area (Å²) in [5, 5.41) is 10.6. The molecule has 0 aromatic heterocycles. The molecule has 1 fully saturated rings. The van der Waals surface area contributed by atoms with Crippen molar-refractivity contribution < 1.29 is 32.2 Å². The van der Waals surface area contributed by atoms with E-state index in [1.807, 2.05) is 0 Å². The SMILES string of the molecule is CC(C)CC1(O)CC(C(=O)Cc2cc(Oc3ccc(F)cc3)cc(Oc3ccc(S(C)(=O)=O)cc3)c2)C1. The maximum Gasteiger partial charge on any atom is 0.175 e. The fourth-order valence-electron chi connectivity index (χ4n) is 4.74. The Morgan fingerprint density at radius 3 is 1.95 bits per heavy atom. The van der Waals surface area contributed by atoms with Gasteiger partial charge in [-0.05, 0) is 91.4 Å². The second kappa shape index (κ2) is 10.6. The normalized spacial score (nSPS) is 19.4. The minimum absolute atomic E-state index is 0.0378. The summed E-state index contributed by atoms with van der Waals surface area (Å²) in [5.74, 6) is 1.46. The first-order valence-corrected chi connectivity index (χ1v) is 14.1. The smallest absolute Gasteiger partial charge is 0.175 e. The zero-order valence-electron chi connectivity index (χ0n) is 21.1. The van der Waals surface area contributed by atoms with Crippen molar-refractivity contribution in [2.45, 2.75) is 50.0 Å². The van der Waals surface area contributed by atoms with E-state index in [1.165, 1.54) is 36.4 Å². The number of sulfone groups is 1. The molecule has 1 aliphatic rings. The number of carbonyl (C=O) groups is 1. The van der Waals surface area contributed by atoms with Crippen LogP contribution in [0.25, 0.3) is 0 Å². The fraction of sp³-hybridized carbons (Fsp3) is 0.345. The van der Waals surface area contributed by atoms with Gasteiger partial charge >= 0.3 is 0 Å². The van der Waals surface area contributed by atoms with Crippen LogP contribution >= 0.6 is 0 Å². The zero-order valence-corrected chi connectivity index (χ0v) is 21.9. The molecule has 4 rings (SSSR count). The molecule has 0 aliphatic heterocycles. The van der Waals surface area contributed by atoms with Gasteiger partial charge < -0.3 is 14.6 Å². The van der Waals surface area contributed by atoms with Crippen LogP contribution < -0.4 is 9.47 Å². The molecule has 3 aromatic carbocycles. The van der Waals surface area contributed by atoms with E-state index in [4.69, 9.17) is 9.47 Å². The summed E-state index contributed by atoms with van der Waals surface area (Å²) in [5.41, 5.74) is -0.0966. The maximum absolute atomic E-state index is 13.3. The Labute approximate surface area is 217 Å². The predicted octanol–water partition coefficient (Wildman–Crippen LogP) is 6.11. The highest BCUT2D eigenvalue weighted by Gasteiger charge is 2.45. The van der Waals surface area contributed by atoms with E-state index in [2.05, 4.69) is 13.8 Å². The summed E-state index contributed by atoms with van der Waals surface area (Å²) >= 11 is 0. The third kappa shape index (κ3) is 7.17. The van der Waals surface area contributed by atoms with Gasteiger partial charge in [-0.3, -0.25) is 4.79 Å². The number of halogens is 1. The number of hydrogen-bond donors (Lipinski definition) is 1. The van der Waals surface area contributed by atoms with E-state index < -0.39 is 15.4 Å². The average molecular weight is 527 g/mol. The van der Waals surface area contributed by atoms with Crippen LogP contribution in [-0.4, -0.2) is 31.2 Å². The highest BCUT2D eigenvalue weighted by atomic mass is 32.2. The van der Waals surface area contributed by atoms with E-state index in [0.29, 0.717) is 53.7 Å². The van der Waals surface area contributed by atoms with Crippen molar-refractivity contribution in [2.24, 2.45) is 11.8 Å². The van der Waals surface area contributed by atoms with Crippen LogP contribution in [0.15, 0.2) is 71.6 Å². The van der Waals surface area contributed by atoms with Crippen molar-refractivity contribution in [3.05, 3.63) is 78.1 Å². The summed E-state index contributed by atoms with van der Waals surface area (Å²) in [6, 6.07) is 16.7. The average Bonchev–Trinajstić information content (AvgIpc) is 2.78. The highest BCUT2D eigenvalue weighted by Crippen LogP contribution is 2.43. The van der Waals surface area contributed by atoms with Gasteiger partial charge in [-0.1, -0.05) is 13.8 Å². The van der Waals surface area contributed by atoms with Crippen LogP contribution in [0.1, 0.15) is 38.7 Å². The molecule has 0 unspecified atom stereocenters. The highest BCUT2D eigenvalue weighted by molar-refractivity contribution is 7.90. The van der Waals surface area contributed by atoms with Crippen LogP contribution in [0.5, 0.6) is 23.0 Å². The number of ketones is 1. The summed E-state index contributed by atoms with van der Waals surface area (Å²) in [7, 11) is -3.34. The number of ether oxygens (including phenoxy) is 2. The molecule has 6 nitrogen and oxygen atoms in total. The van der Waals surface area contributed by atoms with E-state index in [1.54, 1.807) is 30.3 Å². The number of aliphatic hydroxyl groups is 1. The number of hydrogen-bond acceptors (Lipinski definition) is 6. The van der Waals surface area contributed by atoms with Crippen molar-refractivity contribution >= 4 is 15.6 Å². The molecule has 1 N–H and O–H groups in total. The summed E-state index contributed by atoms with van der Waals surface area (Å²) in [6.45, 7) is 4.10. The van der Waals surface area contributed by atoms with E-state index >= 15 is 0 Å². The topological polar surface area (TPSA) is 89.9 Å². The lowest BCUT2D eigenvalue weighted by Crippen LogP contribution is -2.48. The molecule has 0 bridgehead atoms. The van der Waals surface area contributed by atoms with E-state index in [9.17, 15) is 22.7 Å². The molecular formula is C29H31FO6S. The Balaban J connectivity index is 1.54. The van der Waals surface area contributed by atoms with Crippen molar-refractivity contribution in [1.29, 1.82) is 0 Å². The Morgan fingerprint density at radius 1 is 0.946 bits per heavy atom. The lowest BCUT2D eigenvalue weighted by Gasteiger charge is -2.44. The van der Waals surface area contributed by atoms with Crippen LogP contribution in [0, 0.1) is 17.7 Å². The minimum Gasteiger partial charge on any atom is -0.457 e. The molecule has 0 radical (unpaired) electrons. The van der Waals surface area contributed by atoms with Gasteiger partial charge in [0, 0.05) is 24.7 Å². The Bertz CT molecular complexity index is 1360. The summed E-state index contributed by atoms with van der Waals surface area (Å²) in [6.07, 6.45) is 2.88. The second-order valence-corrected chi connectivity index (χ2v) is 12.3. The van der Waals surface area contributed by atoms with Gasteiger partial charge in [-0.25, -0.2) is 12.8 Å². The maximum atomic E-state index is 13.3. The van der Waals surface area contributed by atoms with E-state index in [0.717, 1.165) is 6.26 Å². The van der Waals surface area contributed by atoms with Crippen molar-refractivity contribution in [2.75, 3.05) is 6.26 Å². The molecule has 8 heteroatoms. The Hall–Kier alpha value is -3.23. The van der Waals surface area contributed by atoms with Crippen LogP contribution in [0.3, 0.4) is 0 Å². The standard InChI is InChI=1S/C29H31FO6S/c1-19(2)16-29(32)17-21(18-29)28(31)14-20-12-25(35-23-6-4-22(30)5-7-23)15-26(13-20)36-24-8-10-27(11-9-24)37(3,33)34/h4-13,15,19,21,32H,14,16-18H2,1-3H3. The monoisotopic (exact) mass is 526 g/mol. The largest absolute Gasteiger partial charge is 0.457 e. The van der Waals surface area contributed by atoms with Gasteiger partial charge in [0.15, 0.2) is 9.84 Å². The third-order valence-electron chi connectivity index (χ3n) is 6.35. The van der Waals surface area contributed by atoms with Gasteiger partial charge in [0.05, 0.1) is 10.5 Å². The van der Waals surface area contributed by atoms with Gasteiger partial charge in [0.2, 0.25) is 0 Å². The van der Waals surface area contributed by atoms with Crippen LogP contribution in [0.4, 0.5) is 4.39 Å². The Kier molecular flexibility index (Phi) is 7.71. The second-order valence-electron chi connectivity index (χ2n) is 10.3. The third-order valence-corrected chi connectivity index (χ3v) is 7.48. The molecule has 0 spiro atoms. The molecule has 1 aliphatic carbocycles. The van der Waals surface area contributed by atoms with Crippen molar-refractivity contribution in [3.63, 3.8) is 0 Å². The summed E-state index contributed by atoms with van der Waals surface area (Å²) < 4.78 is 48.6. The molecule has 0 atom stereocenters. The van der Waals surface area contributed by atoms with Gasteiger partial charge in [0.25, 0.3) is 0 Å². The first-order chi connectivity index (χ1) is 17.4. The number of rotatable bonds is 10. The molecule has 1 saturated carbocycles. The number of benzene rings is 3. The molecule has 37 heavy (non-hydrogen) atoms. The first kappa shape index (κ1) is 26.8. The van der Waals surface area contributed by atoms with Gasteiger partial charge in [-0.15, -0.1) is 0 Å². The van der Waals surface area contributed by atoms with Crippen LogP contribution in [-0.2, 0) is 21.1 Å². The molecule has 0 saturated heterocycles. The molecular weight excluding hydrogens is 495 g/mol. The lowest BCUT2D eigenvalue weighted by molar-refractivity contribution is -0.140. The van der Waals surface area contributed by atoms with Crippen molar-refractivity contribution in [3.8, 4) is 23.0 Å². The molecule has 0 amide bonds. The lowest BCUT2D eigenvalue weighted by atomic mass is 9.65. The first-order valence-electron chi connectivity index (χ1n) is 12.2. The fourth-order valence-corrected chi connectivity index (χ4v) is 5.37. The van der Waals surface area contributed by atoms with Gasteiger partial charge in [0.1, 0.15) is 34.6 Å². The quantitative estimate of drug-likeness (QED) is 0.343. The number of Topliss-reactive ketones (excluding diaryl/α,β-unsaturated/α-hetero) is 1. The molecule has 3 aromatic rings. The predicted molar refractivity (Wildman–Crippen MR) is 138 cm³/mol. The zero-order chi connectivity index (χ0) is 26.8.